The molecule has 0 aromatic heterocycles. The first-order valence-corrected chi connectivity index (χ1v) is 8.53. The highest BCUT2D eigenvalue weighted by Gasteiger charge is 2.33. The summed E-state index contributed by atoms with van der Waals surface area (Å²) < 4.78 is 0. The highest BCUT2D eigenvalue weighted by atomic mass is 35.5. The summed E-state index contributed by atoms with van der Waals surface area (Å²) in [5, 5.41) is 6.26. The summed E-state index contributed by atoms with van der Waals surface area (Å²) in [5.74, 6) is 0.613. The van der Waals surface area contributed by atoms with Gasteiger partial charge in [-0.05, 0) is 25.7 Å². The van der Waals surface area contributed by atoms with Crippen molar-refractivity contribution in [3.05, 3.63) is 0 Å². The molecular formula is C16H31ClN4O2. The Hall–Kier alpha value is -1.01. The zero-order chi connectivity index (χ0) is 16.1. The van der Waals surface area contributed by atoms with E-state index in [2.05, 4.69) is 31.4 Å². The second-order valence-electron chi connectivity index (χ2n) is 6.95. The van der Waals surface area contributed by atoms with E-state index in [1.807, 2.05) is 4.90 Å². The van der Waals surface area contributed by atoms with Gasteiger partial charge in [-0.1, -0.05) is 13.8 Å². The Kier molecular flexibility index (Phi) is 8.12. The summed E-state index contributed by atoms with van der Waals surface area (Å²) in [7, 11) is 0. The molecule has 2 atom stereocenters. The molecule has 2 heterocycles. The second-order valence-corrected chi connectivity index (χ2v) is 6.95. The maximum atomic E-state index is 12.7. The summed E-state index contributed by atoms with van der Waals surface area (Å²) in [6, 6.07) is 0.214. The second kappa shape index (κ2) is 9.33. The fraction of sp³-hybridized carbons (Fsp3) is 0.875. The molecule has 0 aromatic rings. The van der Waals surface area contributed by atoms with E-state index in [4.69, 9.17) is 0 Å². The van der Waals surface area contributed by atoms with Crippen molar-refractivity contribution in [3.63, 3.8) is 0 Å². The number of hydrogen-bond acceptors (Lipinski definition) is 3. The van der Waals surface area contributed by atoms with Gasteiger partial charge in [0.1, 0.15) is 0 Å². The zero-order valence-corrected chi connectivity index (χ0v) is 15.3. The van der Waals surface area contributed by atoms with Gasteiger partial charge < -0.3 is 20.4 Å². The van der Waals surface area contributed by atoms with Crippen LogP contribution in [0.5, 0.6) is 0 Å². The minimum Gasteiger partial charge on any atom is -0.338 e. The molecule has 0 saturated carbocycles. The van der Waals surface area contributed by atoms with Crippen LogP contribution in [0.1, 0.15) is 33.6 Å². The lowest BCUT2D eigenvalue weighted by atomic mass is 9.95. The number of nitrogens with one attached hydrogen (secondary N) is 2. The van der Waals surface area contributed by atoms with Crippen molar-refractivity contribution in [1.29, 1.82) is 0 Å². The Morgan fingerprint density at radius 2 is 2.04 bits per heavy atom. The highest BCUT2D eigenvalue weighted by Crippen LogP contribution is 2.20. The number of amides is 3. The molecule has 0 spiro atoms. The first-order valence-electron chi connectivity index (χ1n) is 8.53. The van der Waals surface area contributed by atoms with Crippen LogP contribution in [0.3, 0.4) is 0 Å². The van der Waals surface area contributed by atoms with Crippen molar-refractivity contribution in [3.8, 4) is 0 Å². The molecule has 2 saturated heterocycles. The summed E-state index contributed by atoms with van der Waals surface area (Å²) in [6.07, 6.45) is 1.80. The summed E-state index contributed by atoms with van der Waals surface area (Å²) >= 11 is 0. The van der Waals surface area contributed by atoms with Gasteiger partial charge in [-0.3, -0.25) is 4.79 Å². The van der Waals surface area contributed by atoms with E-state index in [1.54, 1.807) is 4.90 Å². The highest BCUT2D eigenvalue weighted by molar-refractivity contribution is 5.85. The van der Waals surface area contributed by atoms with Crippen LogP contribution in [0.4, 0.5) is 4.79 Å². The lowest BCUT2D eigenvalue weighted by Crippen LogP contribution is -2.56. The van der Waals surface area contributed by atoms with E-state index < -0.39 is 0 Å². The number of nitrogens with zero attached hydrogens (tertiary/aromatic N) is 2. The minimum atomic E-state index is -0.0425. The number of hydrogen-bond donors (Lipinski definition) is 2. The maximum Gasteiger partial charge on any atom is 0.317 e. The Bertz CT molecular complexity index is 406. The van der Waals surface area contributed by atoms with E-state index in [0.29, 0.717) is 19.0 Å². The van der Waals surface area contributed by atoms with Crippen LogP contribution in [0.2, 0.25) is 0 Å². The van der Waals surface area contributed by atoms with E-state index in [0.717, 1.165) is 39.0 Å². The molecule has 0 aliphatic carbocycles. The molecule has 3 amide bonds. The van der Waals surface area contributed by atoms with Crippen LogP contribution in [-0.2, 0) is 4.79 Å². The lowest BCUT2D eigenvalue weighted by Gasteiger charge is -2.39. The smallest absolute Gasteiger partial charge is 0.317 e. The summed E-state index contributed by atoms with van der Waals surface area (Å²) in [4.78, 5) is 28.7. The number of piperazine rings is 1. The van der Waals surface area contributed by atoms with E-state index in [9.17, 15) is 9.59 Å². The monoisotopic (exact) mass is 346 g/mol. The fourth-order valence-electron chi connectivity index (χ4n) is 3.17. The van der Waals surface area contributed by atoms with Crippen molar-refractivity contribution >= 4 is 24.3 Å². The van der Waals surface area contributed by atoms with Gasteiger partial charge in [-0.2, -0.15) is 0 Å². The first kappa shape index (κ1) is 20.0. The summed E-state index contributed by atoms with van der Waals surface area (Å²) in [6.45, 7) is 10.7. The molecule has 0 bridgehead atoms. The molecule has 2 rings (SSSR count). The Morgan fingerprint density at radius 1 is 1.30 bits per heavy atom. The number of urea groups is 1. The van der Waals surface area contributed by atoms with Crippen LogP contribution >= 0.6 is 12.4 Å². The number of rotatable bonds is 3. The molecule has 2 aliphatic rings. The van der Waals surface area contributed by atoms with Gasteiger partial charge in [0.2, 0.25) is 5.91 Å². The molecule has 0 radical (unpaired) electrons. The predicted octanol–water partition coefficient (Wildman–Crippen LogP) is 1.31. The van der Waals surface area contributed by atoms with E-state index >= 15 is 0 Å². The van der Waals surface area contributed by atoms with Crippen LogP contribution < -0.4 is 10.6 Å². The van der Waals surface area contributed by atoms with Crippen LogP contribution in [0.25, 0.3) is 0 Å². The topological polar surface area (TPSA) is 64.7 Å². The zero-order valence-electron chi connectivity index (χ0n) is 14.5. The van der Waals surface area contributed by atoms with E-state index in [1.165, 1.54) is 0 Å². The number of likely N-dealkylation sites (tertiary alicyclic amines) is 1. The molecule has 0 aromatic carbocycles. The Morgan fingerprint density at radius 3 is 2.70 bits per heavy atom. The molecule has 134 valence electrons. The van der Waals surface area contributed by atoms with Gasteiger partial charge >= 0.3 is 6.03 Å². The Labute approximate surface area is 145 Å². The van der Waals surface area contributed by atoms with Gasteiger partial charge in [0.05, 0.1) is 5.92 Å². The third kappa shape index (κ3) is 5.53. The third-order valence-corrected chi connectivity index (χ3v) is 4.50. The molecule has 7 heteroatoms. The standard InChI is InChI=1S/C16H30N4O2.ClH/c1-12(2)9-18-16(22)19-7-4-5-14(11-19)15(21)20-8-6-17-10-13(20)3;/h12-14,17H,4-11H2,1-3H3,(H,18,22);1H/t13-,14?;/m1./s1. The molecule has 2 aliphatic heterocycles. The number of piperidine rings is 1. The fourth-order valence-corrected chi connectivity index (χ4v) is 3.17. The third-order valence-electron chi connectivity index (χ3n) is 4.50. The quantitative estimate of drug-likeness (QED) is 0.809. The van der Waals surface area contributed by atoms with Gasteiger partial charge in [-0.25, -0.2) is 4.79 Å². The normalized spacial score (nSPS) is 25.0. The van der Waals surface area contributed by atoms with Crippen molar-refractivity contribution < 1.29 is 9.59 Å². The predicted molar refractivity (Wildman–Crippen MR) is 93.8 cm³/mol. The Balaban J connectivity index is 0.00000264. The SMILES string of the molecule is CC(C)CNC(=O)N1CCCC(C(=O)N2CCNC[C@H]2C)C1.Cl. The van der Waals surface area contributed by atoms with Crippen LogP contribution in [0.15, 0.2) is 0 Å². The number of halogens is 1. The summed E-state index contributed by atoms with van der Waals surface area (Å²) in [5.41, 5.74) is 0. The van der Waals surface area contributed by atoms with Crippen LogP contribution in [-0.4, -0.2) is 67.0 Å². The minimum absolute atomic E-state index is 0. The molecule has 2 fully saturated rings. The number of carbonyl (C=O) groups excluding carboxylic acids is 2. The van der Waals surface area contributed by atoms with E-state index in [-0.39, 0.29) is 36.3 Å². The van der Waals surface area contributed by atoms with Gasteiger partial charge in [0, 0.05) is 45.3 Å². The van der Waals surface area contributed by atoms with Crippen LogP contribution in [0, 0.1) is 11.8 Å². The first-order chi connectivity index (χ1) is 10.5. The molecule has 23 heavy (non-hydrogen) atoms. The molecule has 6 nitrogen and oxygen atoms in total. The van der Waals surface area contributed by atoms with Crippen molar-refractivity contribution in [2.75, 3.05) is 39.3 Å². The van der Waals surface area contributed by atoms with Crippen molar-refractivity contribution in [2.45, 2.75) is 39.7 Å². The molecular weight excluding hydrogens is 316 g/mol. The average Bonchev–Trinajstić information content (AvgIpc) is 2.52. The molecule has 1 unspecified atom stereocenters. The largest absolute Gasteiger partial charge is 0.338 e. The number of carbonyl (C=O) groups is 2. The average molecular weight is 347 g/mol. The van der Waals surface area contributed by atoms with Gasteiger partial charge in [0.25, 0.3) is 0 Å². The maximum absolute atomic E-state index is 12.7. The lowest BCUT2D eigenvalue weighted by molar-refractivity contribution is -0.139. The molecule has 2 N–H and O–H groups in total. The van der Waals surface area contributed by atoms with Crippen molar-refractivity contribution in [1.82, 2.24) is 20.4 Å². The van der Waals surface area contributed by atoms with Gasteiger partial charge in [-0.15, -0.1) is 12.4 Å². The van der Waals surface area contributed by atoms with Gasteiger partial charge in [0.15, 0.2) is 0 Å². The van der Waals surface area contributed by atoms with Crippen molar-refractivity contribution in [2.24, 2.45) is 11.8 Å².